The highest BCUT2D eigenvalue weighted by molar-refractivity contribution is 5.15. The number of nitrogens with zero attached hydrogens (tertiary/aromatic N) is 1. The fourth-order valence-corrected chi connectivity index (χ4v) is 1.71. The second-order valence-electron chi connectivity index (χ2n) is 3.54. The molecule has 1 rings (SSSR count). The van der Waals surface area contributed by atoms with Crippen LogP contribution in [0, 0.1) is 0 Å². The molecule has 0 bridgehead atoms. The monoisotopic (exact) mass is 181 g/mol. The molecule has 0 aromatic carbocycles. The highest BCUT2D eigenvalue weighted by Gasteiger charge is 2.21. The van der Waals surface area contributed by atoms with Crippen LogP contribution >= 0.6 is 0 Å². The summed E-state index contributed by atoms with van der Waals surface area (Å²) in [4.78, 5) is 2.39. The molecule has 0 amide bonds. The molecule has 2 heteroatoms. The minimum atomic E-state index is 0.429. The van der Waals surface area contributed by atoms with Gasteiger partial charge in [-0.2, -0.15) is 0 Å². The third-order valence-electron chi connectivity index (χ3n) is 2.39. The second-order valence-corrected chi connectivity index (χ2v) is 3.54. The molecule has 2 nitrogen and oxygen atoms in total. The van der Waals surface area contributed by atoms with Crippen molar-refractivity contribution in [3.8, 4) is 0 Å². The molecule has 1 atom stereocenters. The van der Waals surface area contributed by atoms with E-state index in [4.69, 9.17) is 4.74 Å². The van der Waals surface area contributed by atoms with E-state index in [1.54, 1.807) is 7.11 Å². The molecule has 0 spiro atoms. The fourth-order valence-electron chi connectivity index (χ4n) is 1.71. The first-order valence-corrected chi connectivity index (χ1v) is 4.82. The topological polar surface area (TPSA) is 12.5 Å². The van der Waals surface area contributed by atoms with Gasteiger partial charge in [-0.1, -0.05) is 18.7 Å². The lowest BCUT2D eigenvalue weighted by Gasteiger charge is -2.15. The summed E-state index contributed by atoms with van der Waals surface area (Å²) >= 11 is 0. The maximum Gasteiger partial charge on any atom is 0.0710 e. The zero-order valence-corrected chi connectivity index (χ0v) is 8.62. The minimum Gasteiger partial charge on any atom is -0.380 e. The predicted molar refractivity (Wildman–Crippen MR) is 55.8 cm³/mol. The number of methoxy groups -OCH3 is 1. The zero-order chi connectivity index (χ0) is 9.68. The van der Waals surface area contributed by atoms with Crippen LogP contribution in [0.1, 0.15) is 13.3 Å². The van der Waals surface area contributed by atoms with Gasteiger partial charge in [-0.05, 0) is 18.9 Å². The molecule has 13 heavy (non-hydrogen) atoms. The molecule has 1 unspecified atom stereocenters. The standard InChI is InChI=1S/C11H19NO/c1-4-5-10(2)8-12-7-6-11(9-12)13-3/h4-5,11H,2,6-9H2,1,3H3. The van der Waals surface area contributed by atoms with Crippen LogP contribution in [0.25, 0.3) is 0 Å². The highest BCUT2D eigenvalue weighted by Crippen LogP contribution is 2.13. The summed E-state index contributed by atoms with van der Waals surface area (Å²) < 4.78 is 5.29. The maximum absolute atomic E-state index is 5.29. The molecular formula is C11H19NO. The van der Waals surface area contributed by atoms with Crippen LogP contribution in [0.15, 0.2) is 24.3 Å². The van der Waals surface area contributed by atoms with Gasteiger partial charge in [-0.15, -0.1) is 0 Å². The van der Waals surface area contributed by atoms with Gasteiger partial charge in [-0.3, -0.25) is 4.90 Å². The van der Waals surface area contributed by atoms with Crippen molar-refractivity contribution >= 4 is 0 Å². The maximum atomic E-state index is 5.29. The molecule has 1 aliphatic heterocycles. The lowest BCUT2D eigenvalue weighted by molar-refractivity contribution is 0.109. The van der Waals surface area contributed by atoms with Crippen molar-refractivity contribution in [1.82, 2.24) is 4.90 Å². The average molecular weight is 181 g/mol. The summed E-state index contributed by atoms with van der Waals surface area (Å²) in [6.45, 7) is 9.17. The quantitative estimate of drug-likeness (QED) is 0.614. The van der Waals surface area contributed by atoms with Gasteiger partial charge in [0.05, 0.1) is 6.10 Å². The third-order valence-corrected chi connectivity index (χ3v) is 2.39. The van der Waals surface area contributed by atoms with E-state index in [1.165, 1.54) is 5.57 Å². The molecule has 1 heterocycles. The van der Waals surface area contributed by atoms with Crippen LogP contribution in [0.5, 0.6) is 0 Å². The molecule has 0 aromatic rings. The molecule has 1 fully saturated rings. The number of ether oxygens (including phenoxy) is 1. The summed E-state index contributed by atoms with van der Waals surface area (Å²) in [5, 5.41) is 0. The Morgan fingerprint density at radius 1 is 1.69 bits per heavy atom. The largest absolute Gasteiger partial charge is 0.380 e. The Morgan fingerprint density at radius 2 is 2.46 bits per heavy atom. The van der Waals surface area contributed by atoms with Gasteiger partial charge in [0.1, 0.15) is 0 Å². The van der Waals surface area contributed by atoms with E-state index in [2.05, 4.69) is 17.6 Å². The lowest BCUT2D eigenvalue weighted by atomic mass is 10.2. The Morgan fingerprint density at radius 3 is 3.00 bits per heavy atom. The van der Waals surface area contributed by atoms with Gasteiger partial charge in [0.15, 0.2) is 0 Å². The molecule has 0 aliphatic carbocycles. The third kappa shape index (κ3) is 3.33. The van der Waals surface area contributed by atoms with Crippen LogP contribution in [0.3, 0.4) is 0 Å². The summed E-state index contributed by atoms with van der Waals surface area (Å²) in [6, 6.07) is 0. The van der Waals surface area contributed by atoms with E-state index in [9.17, 15) is 0 Å². The number of likely N-dealkylation sites (tertiary alicyclic amines) is 1. The molecule has 1 aliphatic rings. The fraction of sp³-hybridized carbons (Fsp3) is 0.636. The van der Waals surface area contributed by atoms with E-state index in [1.807, 2.05) is 13.0 Å². The normalized spacial score (nSPS) is 24.3. The van der Waals surface area contributed by atoms with Crippen molar-refractivity contribution in [3.05, 3.63) is 24.3 Å². The van der Waals surface area contributed by atoms with E-state index in [0.717, 1.165) is 26.1 Å². The molecule has 0 radical (unpaired) electrons. The number of hydrogen-bond acceptors (Lipinski definition) is 2. The van der Waals surface area contributed by atoms with Gasteiger partial charge in [0, 0.05) is 26.7 Å². The average Bonchev–Trinajstić information content (AvgIpc) is 2.52. The molecule has 0 aromatic heterocycles. The van der Waals surface area contributed by atoms with Crippen LogP contribution in [-0.2, 0) is 4.74 Å². The van der Waals surface area contributed by atoms with Crippen molar-refractivity contribution in [2.45, 2.75) is 19.4 Å². The molecule has 1 saturated heterocycles. The Kier molecular flexibility index (Phi) is 4.19. The van der Waals surface area contributed by atoms with Crippen molar-refractivity contribution in [3.63, 3.8) is 0 Å². The van der Waals surface area contributed by atoms with Crippen LogP contribution in [-0.4, -0.2) is 37.7 Å². The van der Waals surface area contributed by atoms with Gasteiger partial charge >= 0.3 is 0 Å². The number of rotatable bonds is 4. The van der Waals surface area contributed by atoms with Crippen LogP contribution < -0.4 is 0 Å². The summed E-state index contributed by atoms with van der Waals surface area (Å²) in [7, 11) is 1.79. The van der Waals surface area contributed by atoms with Crippen LogP contribution in [0.2, 0.25) is 0 Å². The number of hydrogen-bond donors (Lipinski definition) is 0. The highest BCUT2D eigenvalue weighted by atomic mass is 16.5. The summed E-state index contributed by atoms with van der Waals surface area (Å²) in [5.41, 5.74) is 1.18. The van der Waals surface area contributed by atoms with Gasteiger partial charge in [-0.25, -0.2) is 0 Å². The summed E-state index contributed by atoms with van der Waals surface area (Å²) in [6.07, 6.45) is 5.68. The SMILES string of the molecule is C=C(C=CC)CN1CCC(OC)C1. The van der Waals surface area contributed by atoms with E-state index in [0.29, 0.717) is 6.10 Å². The molecule has 0 N–H and O–H groups in total. The first-order valence-electron chi connectivity index (χ1n) is 4.82. The Hall–Kier alpha value is -0.600. The Balaban J connectivity index is 2.27. The second kappa shape index (κ2) is 5.20. The minimum absolute atomic E-state index is 0.429. The molecule has 74 valence electrons. The van der Waals surface area contributed by atoms with Crippen molar-refractivity contribution in [2.24, 2.45) is 0 Å². The van der Waals surface area contributed by atoms with E-state index < -0.39 is 0 Å². The van der Waals surface area contributed by atoms with E-state index >= 15 is 0 Å². The smallest absolute Gasteiger partial charge is 0.0710 e. The molecular weight excluding hydrogens is 162 g/mol. The first-order chi connectivity index (χ1) is 6.26. The number of allylic oxidation sites excluding steroid dienone is 1. The van der Waals surface area contributed by atoms with Gasteiger partial charge in [0.2, 0.25) is 0 Å². The van der Waals surface area contributed by atoms with Crippen LogP contribution in [0.4, 0.5) is 0 Å². The Labute approximate surface area is 80.9 Å². The van der Waals surface area contributed by atoms with Gasteiger partial charge < -0.3 is 4.74 Å². The Bertz CT molecular complexity index is 198. The molecule has 0 saturated carbocycles. The predicted octanol–water partition coefficient (Wildman–Crippen LogP) is 1.84. The van der Waals surface area contributed by atoms with Gasteiger partial charge in [0.25, 0.3) is 0 Å². The summed E-state index contributed by atoms with van der Waals surface area (Å²) in [5.74, 6) is 0. The zero-order valence-electron chi connectivity index (χ0n) is 8.62. The van der Waals surface area contributed by atoms with E-state index in [-0.39, 0.29) is 0 Å². The first kappa shape index (κ1) is 10.5. The van der Waals surface area contributed by atoms with Crippen molar-refractivity contribution in [1.29, 1.82) is 0 Å². The van der Waals surface area contributed by atoms with Crippen molar-refractivity contribution in [2.75, 3.05) is 26.7 Å². The lowest BCUT2D eigenvalue weighted by Crippen LogP contribution is -2.24. The van der Waals surface area contributed by atoms with Crippen molar-refractivity contribution < 1.29 is 4.74 Å².